The summed E-state index contributed by atoms with van der Waals surface area (Å²) >= 11 is 0. The quantitative estimate of drug-likeness (QED) is 0.606. The van der Waals surface area contributed by atoms with Gasteiger partial charge in [0.25, 0.3) is 11.8 Å². The molecule has 1 aliphatic carbocycles. The second-order valence-electron chi connectivity index (χ2n) is 9.88. The number of fused-ring (bicyclic) bond motifs is 4. The van der Waals surface area contributed by atoms with Crippen molar-refractivity contribution in [1.82, 2.24) is 20.5 Å². The Morgan fingerprint density at radius 3 is 2.80 bits per heavy atom. The molecule has 2 aromatic rings. The Morgan fingerprint density at radius 1 is 1.31 bits per heavy atom. The summed E-state index contributed by atoms with van der Waals surface area (Å²) in [6, 6.07) is 5.88. The molecule has 0 spiro atoms. The van der Waals surface area contributed by atoms with E-state index in [4.69, 9.17) is 0 Å². The number of carbonyl (C=O) groups excluding carboxylic acids is 3. The summed E-state index contributed by atoms with van der Waals surface area (Å²) in [7, 11) is 0. The zero-order valence-electron chi connectivity index (χ0n) is 19.3. The molecule has 4 heterocycles. The van der Waals surface area contributed by atoms with Crippen LogP contribution in [0.4, 0.5) is 8.78 Å². The van der Waals surface area contributed by atoms with Gasteiger partial charge < -0.3 is 20.5 Å². The fraction of sp³-hybridized carbons (Fsp3) is 0.520. The normalized spacial score (nSPS) is 27.9. The number of nitrogens with zero attached hydrogens (tertiary/aromatic N) is 2. The maximum absolute atomic E-state index is 15.0. The van der Waals surface area contributed by atoms with Crippen molar-refractivity contribution >= 4 is 28.6 Å². The minimum atomic E-state index is -3.09. The van der Waals surface area contributed by atoms with Crippen molar-refractivity contribution < 1.29 is 23.2 Å². The van der Waals surface area contributed by atoms with E-state index in [0.717, 1.165) is 11.1 Å². The topological polar surface area (TPSA) is 118 Å². The SMILES string of the molecule is Cc1cc2cccc(C(=O)N3[C@@H]4CC[C@H]([C@H]3C(=O)N[C@@H](C#N)C[C@@H]3CCNC3=O)C(F)(F)C4)c2[nH]1. The number of para-hydroxylation sites is 1. The number of rotatable bonds is 5. The standard InChI is InChI=1S/C25H27F2N5O3/c1-13-9-14-3-2-4-18(20(14)30-13)24(35)32-17-5-6-19(25(26,27)11-17)21(32)23(34)31-16(12-28)10-15-7-8-29-22(15)33/h2-4,9,15-17,19,21,30H,5-8,10-11H2,1H3,(H,29,33)(H,31,34)/t15-,16+,17+,19+,21-/m0/s1. The summed E-state index contributed by atoms with van der Waals surface area (Å²) in [6.07, 6.45) is 0.660. The summed E-state index contributed by atoms with van der Waals surface area (Å²) in [5.74, 6) is -6.29. The van der Waals surface area contributed by atoms with Crippen molar-refractivity contribution in [1.29, 1.82) is 5.26 Å². The molecule has 3 aliphatic heterocycles. The van der Waals surface area contributed by atoms with E-state index < -0.39 is 54.1 Å². The van der Waals surface area contributed by atoms with Gasteiger partial charge in [-0.25, -0.2) is 8.78 Å². The van der Waals surface area contributed by atoms with Crippen LogP contribution in [0.3, 0.4) is 0 Å². The van der Waals surface area contributed by atoms with Crippen LogP contribution in [-0.2, 0) is 9.59 Å². The Labute approximate surface area is 201 Å². The second-order valence-corrected chi connectivity index (χ2v) is 9.88. The van der Waals surface area contributed by atoms with Crippen molar-refractivity contribution in [2.24, 2.45) is 11.8 Å². The summed E-state index contributed by atoms with van der Waals surface area (Å²) < 4.78 is 29.9. The second kappa shape index (κ2) is 8.63. The molecule has 3 N–H and O–H groups in total. The average Bonchev–Trinajstić information content (AvgIpc) is 3.40. The molecule has 35 heavy (non-hydrogen) atoms. The third-order valence-electron chi connectivity index (χ3n) is 7.62. The molecule has 6 rings (SSSR count). The maximum Gasteiger partial charge on any atom is 0.256 e. The fourth-order valence-corrected chi connectivity index (χ4v) is 5.97. The van der Waals surface area contributed by atoms with Crippen LogP contribution in [-0.4, -0.2) is 58.2 Å². The predicted octanol–water partition coefficient (Wildman–Crippen LogP) is 2.64. The average molecular weight is 484 g/mol. The van der Waals surface area contributed by atoms with E-state index in [-0.39, 0.29) is 18.7 Å². The molecular weight excluding hydrogens is 456 g/mol. The number of aryl methyl sites for hydroxylation is 1. The Kier molecular flexibility index (Phi) is 5.74. The van der Waals surface area contributed by atoms with Crippen molar-refractivity contribution in [3.63, 3.8) is 0 Å². The smallest absolute Gasteiger partial charge is 0.256 e. The molecule has 3 saturated heterocycles. The first-order valence-corrected chi connectivity index (χ1v) is 12.0. The number of aromatic amines is 1. The first-order valence-electron chi connectivity index (χ1n) is 12.0. The summed E-state index contributed by atoms with van der Waals surface area (Å²) in [5.41, 5.74) is 1.78. The number of benzene rings is 1. The molecule has 5 atom stereocenters. The highest BCUT2D eigenvalue weighted by Gasteiger charge is 2.60. The number of hydrogen-bond donors (Lipinski definition) is 3. The molecule has 1 saturated carbocycles. The third kappa shape index (κ3) is 4.03. The Morgan fingerprint density at radius 2 is 2.11 bits per heavy atom. The van der Waals surface area contributed by atoms with Gasteiger partial charge in [-0.15, -0.1) is 0 Å². The van der Waals surface area contributed by atoms with Gasteiger partial charge in [0, 0.05) is 36.0 Å². The summed E-state index contributed by atoms with van der Waals surface area (Å²) in [5, 5.41) is 15.7. The number of halogens is 2. The number of alkyl halides is 2. The van der Waals surface area contributed by atoms with Gasteiger partial charge in [0.2, 0.25) is 11.8 Å². The van der Waals surface area contributed by atoms with E-state index >= 15 is 0 Å². The van der Waals surface area contributed by atoms with E-state index in [9.17, 15) is 28.4 Å². The highest BCUT2D eigenvalue weighted by atomic mass is 19.3. The van der Waals surface area contributed by atoms with Crippen LogP contribution in [0.1, 0.15) is 48.2 Å². The van der Waals surface area contributed by atoms with Crippen LogP contribution in [0.15, 0.2) is 24.3 Å². The lowest BCUT2D eigenvalue weighted by atomic mass is 9.71. The molecule has 2 bridgehead atoms. The molecule has 184 valence electrons. The van der Waals surface area contributed by atoms with Crippen LogP contribution < -0.4 is 10.6 Å². The number of aromatic nitrogens is 1. The zero-order valence-corrected chi connectivity index (χ0v) is 19.3. The molecule has 1 aromatic carbocycles. The number of nitrogens with one attached hydrogen (secondary N) is 3. The maximum atomic E-state index is 15.0. The first kappa shape index (κ1) is 23.3. The van der Waals surface area contributed by atoms with Gasteiger partial charge in [0.05, 0.1) is 23.1 Å². The van der Waals surface area contributed by atoms with Gasteiger partial charge >= 0.3 is 0 Å². The van der Waals surface area contributed by atoms with Gasteiger partial charge in [-0.2, -0.15) is 5.26 Å². The molecular formula is C25H27F2N5O3. The molecule has 0 radical (unpaired) electrons. The van der Waals surface area contributed by atoms with Crippen molar-refractivity contribution in [2.75, 3.05) is 6.54 Å². The van der Waals surface area contributed by atoms with E-state index in [2.05, 4.69) is 15.6 Å². The number of H-pyrrole nitrogens is 1. The van der Waals surface area contributed by atoms with Crippen LogP contribution in [0.2, 0.25) is 0 Å². The monoisotopic (exact) mass is 483 g/mol. The van der Waals surface area contributed by atoms with E-state index in [1.165, 1.54) is 4.90 Å². The lowest BCUT2D eigenvalue weighted by Crippen LogP contribution is -2.68. The van der Waals surface area contributed by atoms with E-state index in [1.54, 1.807) is 12.1 Å². The Bertz CT molecular complexity index is 1240. The molecule has 10 heteroatoms. The predicted molar refractivity (Wildman–Crippen MR) is 122 cm³/mol. The van der Waals surface area contributed by atoms with Gasteiger partial charge in [0.15, 0.2) is 0 Å². The molecule has 0 unspecified atom stereocenters. The number of piperidine rings is 2. The molecule has 3 amide bonds. The van der Waals surface area contributed by atoms with Crippen LogP contribution in [0.25, 0.3) is 10.9 Å². The van der Waals surface area contributed by atoms with Gasteiger partial charge in [0.1, 0.15) is 12.1 Å². The Balaban J connectivity index is 1.45. The molecule has 4 fully saturated rings. The largest absolute Gasteiger partial charge is 0.358 e. The number of hydrogen-bond acceptors (Lipinski definition) is 4. The van der Waals surface area contributed by atoms with Crippen LogP contribution >= 0.6 is 0 Å². The lowest BCUT2D eigenvalue weighted by molar-refractivity contribution is -0.179. The van der Waals surface area contributed by atoms with Gasteiger partial charge in [-0.3, -0.25) is 14.4 Å². The minimum Gasteiger partial charge on any atom is -0.358 e. The first-order chi connectivity index (χ1) is 16.7. The number of amides is 3. The lowest BCUT2D eigenvalue weighted by Gasteiger charge is -2.53. The highest BCUT2D eigenvalue weighted by molar-refractivity contribution is 6.07. The van der Waals surface area contributed by atoms with E-state index in [0.29, 0.717) is 30.5 Å². The van der Waals surface area contributed by atoms with E-state index in [1.807, 2.05) is 25.1 Å². The third-order valence-corrected chi connectivity index (χ3v) is 7.62. The number of nitriles is 1. The minimum absolute atomic E-state index is 0.0975. The zero-order chi connectivity index (χ0) is 24.9. The number of carbonyl (C=O) groups is 3. The Hall–Kier alpha value is -3.48. The molecule has 8 nitrogen and oxygen atoms in total. The molecule has 1 aromatic heterocycles. The van der Waals surface area contributed by atoms with Crippen LogP contribution in [0, 0.1) is 30.1 Å². The highest BCUT2D eigenvalue weighted by Crippen LogP contribution is 2.49. The summed E-state index contributed by atoms with van der Waals surface area (Å²) in [6.45, 7) is 2.36. The summed E-state index contributed by atoms with van der Waals surface area (Å²) in [4.78, 5) is 43.6. The van der Waals surface area contributed by atoms with Crippen molar-refractivity contribution in [2.45, 2.75) is 63.1 Å². The van der Waals surface area contributed by atoms with Crippen molar-refractivity contribution in [3.8, 4) is 6.07 Å². The van der Waals surface area contributed by atoms with Crippen LogP contribution in [0.5, 0.6) is 0 Å². The van der Waals surface area contributed by atoms with Gasteiger partial charge in [-0.1, -0.05) is 12.1 Å². The molecule has 4 aliphatic rings. The van der Waals surface area contributed by atoms with Crippen molar-refractivity contribution in [3.05, 3.63) is 35.5 Å². The fourth-order valence-electron chi connectivity index (χ4n) is 5.97. The van der Waals surface area contributed by atoms with Gasteiger partial charge in [-0.05, 0) is 44.7 Å².